The van der Waals surface area contributed by atoms with Crippen LogP contribution in [0.25, 0.3) is 0 Å². The van der Waals surface area contributed by atoms with Crippen LogP contribution >= 0.6 is 23.4 Å². The summed E-state index contributed by atoms with van der Waals surface area (Å²) in [6.07, 6.45) is 3.55. The predicted octanol–water partition coefficient (Wildman–Crippen LogP) is 1.31. The molecule has 0 unspecified atom stereocenters. The van der Waals surface area contributed by atoms with Gasteiger partial charge in [-0.2, -0.15) is 0 Å². The SMILES string of the molecule is CSc1ncc(CN)c(Cl)n1. The number of nitrogens with zero attached hydrogens (tertiary/aromatic N) is 2. The molecule has 0 aliphatic heterocycles. The summed E-state index contributed by atoms with van der Waals surface area (Å²) >= 11 is 7.22. The fraction of sp³-hybridized carbons (Fsp3) is 0.333. The Bertz CT molecular complexity index is 254. The molecule has 3 nitrogen and oxygen atoms in total. The van der Waals surface area contributed by atoms with E-state index in [2.05, 4.69) is 9.97 Å². The van der Waals surface area contributed by atoms with Crippen molar-refractivity contribution in [2.24, 2.45) is 5.73 Å². The number of nitrogens with two attached hydrogens (primary N) is 1. The Morgan fingerprint density at radius 3 is 2.91 bits per heavy atom. The maximum atomic E-state index is 5.76. The minimum atomic E-state index is 0.382. The van der Waals surface area contributed by atoms with Gasteiger partial charge in [-0.15, -0.1) is 0 Å². The monoisotopic (exact) mass is 189 g/mol. The number of hydrogen-bond donors (Lipinski definition) is 1. The lowest BCUT2D eigenvalue weighted by atomic mass is 10.3. The zero-order chi connectivity index (χ0) is 8.27. The van der Waals surface area contributed by atoms with Gasteiger partial charge in [0.05, 0.1) is 0 Å². The van der Waals surface area contributed by atoms with Crippen LogP contribution in [0.3, 0.4) is 0 Å². The molecule has 0 radical (unpaired) electrons. The minimum absolute atomic E-state index is 0.382. The van der Waals surface area contributed by atoms with Gasteiger partial charge in [-0.3, -0.25) is 0 Å². The summed E-state index contributed by atoms with van der Waals surface area (Å²) in [4.78, 5) is 8.02. The van der Waals surface area contributed by atoms with Crippen LogP contribution in [0.4, 0.5) is 0 Å². The molecule has 0 atom stereocenters. The Morgan fingerprint density at radius 2 is 2.45 bits per heavy atom. The van der Waals surface area contributed by atoms with Crippen LogP contribution in [0.15, 0.2) is 11.4 Å². The molecular weight excluding hydrogens is 182 g/mol. The summed E-state index contributed by atoms with van der Waals surface area (Å²) in [5.41, 5.74) is 6.15. The Hall–Kier alpha value is -0.320. The first-order valence-corrected chi connectivity index (χ1v) is 4.63. The topological polar surface area (TPSA) is 51.8 Å². The summed E-state index contributed by atoms with van der Waals surface area (Å²) in [5, 5.41) is 1.12. The number of aromatic nitrogens is 2. The molecule has 0 saturated carbocycles. The molecule has 0 aromatic carbocycles. The second-order valence-electron chi connectivity index (χ2n) is 1.88. The smallest absolute Gasteiger partial charge is 0.188 e. The van der Waals surface area contributed by atoms with Gasteiger partial charge < -0.3 is 5.73 Å². The third kappa shape index (κ3) is 2.05. The molecule has 1 aromatic rings. The number of hydrogen-bond acceptors (Lipinski definition) is 4. The van der Waals surface area contributed by atoms with Crippen molar-refractivity contribution in [3.8, 4) is 0 Å². The van der Waals surface area contributed by atoms with E-state index in [4.69, 9.17) is 17.3 Å². The fourth-order valence-electron chi connectivity index (χ4n) is 0.606. The van der Waals surface area contributed by atoms with E-state index in [0.29, 0.717) is 16.9 Å². The Kier molecular flexibility index (Phi) is 3.11. The normalized spacial score (nSPS) is 10.1. The molecule has 1 aromatic heterocycles. The summed E-state index contributed by atoms with van der Waals surface area (Å²) in [6.45, 7) is 0.382. The van der Waals surface area contributed by atoms with Crippen molar-refractivity contribution in [2.45, 2.75) is 11.7 Å². The highest BCUT2D eigenvalue weighted by atomic mass is 35.5. The van der Waals surface area contributed by atoms with Crippen molar-refractivity contribution in [3.63, 3.8) is 0 Å². The van der Waals surface area contributed by atoms with Crippen molar-refractivity contribution >= 4 is 23.4 Å². The van der Waals surface area contributed by atoms with Crippen molar-refractivity contribution in [3.05, 3.63) is 16.9 Å². The molecule has 1 heterocycles. The highest BCUT2D eigenvalue weighted by molar-refractivity contribution is 7.98. The second-order valence-corrected chi connectivity index (χ2v) is 3.01. The third-order valence-electron chi connectivity index (χ3n) is 1.19. The van der Waals surface area contributed by atoms with Gasteiger partial charge in [0, 0.05) is 18.3 Å². The van der Waals surface area contributed by atoms with Gasteiger partial charge in [0.1, 0.15) is 5.15 Å². The maximum Gasteiger partial charge on any atom is 0.188 e. The van der Waals surface area contributed by atoms with E-state index in [-0.39, 0.29) is 0 Å². The molecular formula is C6H8ClN3S. The largest absolute Gasteiger partial charge is 0.326 e. The highest BCUT2D eigenvalue weighted by Crippen LogP contribution is 2.15. The van der Waals surface area contributed by atoms with Crippen molar-refractivity contribution < 1.29 is 0 Å². The molecule has 0 bridgehead atoms. The van der Waals surface area contributed by atoms with Crippen molar-refractivity contribution in [2.75, 3.05) is 6.26 Å². The third-order valence-corrected chi connectivity index (χ3v) is 2.08. The summed E-state index contributed by atoms with van der Waals surface area (Å²) in [7, 11) is 0. The van der Waals surface area contributed by atoms with E-state index in [9.17, 15) is 0 Å². The van der Waals surface area contributed by atoms with Crippen LogP contribution < -0.4 is 5.73 Å². The lowest BCUT2D eigenvalue weighted by Crippen LogP contribution is -2.00. The van der Waals surface area contributed by atoms with Crippen LogP contribution in [0, 0.1) is 0 Å². The number of thioether (sulfide) groups is 1. The Balaban J connectivity index is 2.99. The molecule has 1 rings (SSSR count). The molecule has 0 fully saturated rings. The van der Waals surface area contributed by atoms with Crippen LogP contribution in [0.2, 0.25) is 5.15 Å². The molecule has 0 aliphatic carbocycles. The molecule has 5 heteroatoms. The van der Waals surface area contributed by atoms with Gasteiger partial charge >= 0.3 is 0 Å². The molecule has 0 spiro atoms. The van der Waals surface area contributed by atoms with E-state index in [0.717, 1.165) is 5.56 Å². The van der Waals surface area contributed by atoms with E-state index < -0.39 is 0 Å². The van der Waals surface area contributed by atoms with Crippen LogP contribution in [-0.4, -0.2) is 16.2 Å². The van der Waals surface area contributed by atoms with Crippen molar-refractivity contribution in [1.82, 2.24) is 9.97 Å². The van der Waals surface area contributed by atoms with Crippen LogP contribution in [0.1, 0.15) is 5.56 Å². The summed E-state index contributed by atoms with van der Waals surface area (Å²) in [5.74, 6) is 0. The molecule has 60 valence electrons. The second kappa shape index (κ2) is 3.90. The molecule has 0 saturated heterocycles. The average Bonchev–Trinajstić information content (AvgIpc) is 2.04. The van der Waals surface area contributed by atoms with Gasteiger partial charge in [0.15, 0.2) is 5.16 Å². The van der Waals surface area contributed by atoms with Crippen LogP contribution in [0.5, 0.6) is 0 Å². The first-order valence-electron chi connectivity index (χ1n) is 3.03. The average molecular weight is 190 g/mol. The lowest BCUT2D eigenvalue weighted by molar-refractivity contribution is 0.916. The number of rotatable bonds is 2. The molecule has 11 heavy (non-hydrogen) atoms. The standard InChI is InChI=1S/C6H8ClN3S/c1-11-6-9-3-4(2-8)5(7)10-6/h3H,2,8H2,1H3. The van der Waals surface area contributed by atoms with Gasteiger partial charge in [0.2, 0.25) is 0 Å². The van der Waals surface area contributed by atoms with E-state index >= 15 is 0 Å². The van der Waals surface area contributed by atoms with Gasteiger partial charge in [0.25, 0.3) is 0 Å². The molecule has 2 N–H and O–H groups in total. The Morgan fingerprint density at radius 1 is 1.73 bits per heavy atom. The quantitative estimate of drug-likeness (QED) is 0.433. The Labute approximate surface area is 74.4 Å². The van der Waals surface area contributed by atoms with Crippen molar-refractivity contribution in [1.29, 1.82) is 0 Å². The van der Waals surface area contributed by atoms with E-state index in [1.807, 2.05) is 6.26 Å². The van der Waals surface area contributed by atoms with Gasteiger partial charge in [-0.1, -0.05) is 23.4 Å². The minimum Gasteiger partial charge on any atom is -0.326 e. The predicted molar refractivity (Wildman–Crippen MR) is 46.7 cm³/mol. The zero-order valence-corrected chi connectivity index (χ0v) is 7.61. The number of halogens is 1. The fourth-order valence-corrected chi connectivity index (χ4v) is 1.20. The highest BCUT2D eigenvalue weighted by Gasteiger charge is 2.01. The van der Waals surface area contributed by atoms with Crippen LogP contribution in [-0.2, 0) is 6.54 Å². The zero-order valence-electron chi connectivity index (χ0n) is 6.04. The molecule has 0 amide bonds. The van der Waals surface area contributed by atoms with E-state index in [1.54, 1.807) is 6.20 Å². The van der Waals surface area contributed by atoms with Gasteiger partial charge in [-0.05, 0) is 6.26 Å². The summed E-state index contributed by atoms with van der Waals surface area (Å²) in [6, 6.07) is 0. The lowest BCUT2D eigenvalue weighted by Gasteiger charge is -1.99. The summed E-state index contributed by atoms with van der Waals surface area (Å²) < 4.78 is 0. The van der Waals surface area contributed by atoms with E-state index in [1.165, 1.54) is 11.8 Å². The first kappa shape index (κ1) is 8.77. The molecule has 0 aliphatic rings. The van der Waals surface area contributed by atoms with Gasteiger partial charge in [-0.25, -0.2) is 9.97 Å². The maximum absolute atomic E-state index is 5.76. The first-order chi connectivity index (χ1) is 5.27.